The van der Waals surface area contributed by atoms with Crippen LogP contribution in [0.15, 0.2) is 58.5 Å². The summed E-state index contributed by atoms with van der Waals surface area (Å²) in [5, 5.41) is 15.7. The lowest BCUT2D eigenvalue weighted by Crippen LogP contribution is -2.60. The molecule has 0 radical (unpaired) electrons. The number of hydrazine groups is 1. The summed E-state index contributed by atoms with van der Waals surface area (Å²) in [5.41, 5.74) is 14.0. The fraction of sp³-hybridized carbons (Fsp3) is 0.464. The van der Waals surface area contributed by atoms with Gasteiger partial charge in [-0.05, 0) is 61.4 Å². The van der Waals surface area contributed by atoms with Crippen LogP contribution in [-0.4, -0.2) is 53.1 Å². The van der Waals surface area contributed by atoms with Gasteiger partial charge in [0.25, 0.3) is 0 Å². The summed E-state index contributed by atoms with van der Waals surface area (Å²) >= 11 is 0. The third-order valence-electron chi connectivity index (χ3n) is 8.34. The summed E-state index contributed by atoms with van der Waals surface area (Å²) in [7, 11) is 0. The number of carbonyl (C=O) groups excluding carboxylic acids is 1. The van der Waals surface area contributed by atoms with Crippen molar-refractivity contribution in [1.29, 1.82) is 0 Å². The highest BCUT2D eigenvalue weighted by Crippen LogP contribution is 2.39. The quantitative estimate of drug-likeness (QED) is 0.512. The van der Waals surface area contributed by atoms with E-state index in [2.05, 4.69) is 27.7 Å². The van der Waals surface area contributed by atoms with Gasteiger partial charge in [-0.3, -0.25) is 25.0 Å². The second kappa shape index (κ2) is 9.55. The molecule has 6 rings (SSSR count). The van der Waals surface area contributed by atoms with Crippen molar-refractivity contribution in [2.45, 2.75) is 51.5 Å². The standard InChI is InChI=1S/C28H35N7O2/c1-16-7-3-4-12-21(16)35-22(32-20-11-5-8-17(2)23(20)28(35)37)14-34-27-24(26(29)30-15-31-27)25(33-34)18-9-6-10-19(36)13-18/h3-4,6-7,9-10,12-13,17,22-25,27,31,33,36H,5,8,11,14-15H2,1-2H3,(H2,29,30). The van der Waals surface area contributed by atoms with E-state index in [4.69, 9.17) is 10.7 Å². The number of carbonyl (C=O) groups is 1. The van der Waals surface area contributed by atoms with Crippen LogP contribution in [0, 0.1) is 24.7 Å². The molecule has 1 saturated heterocycles. The van der Waals surface area contributed by atoms with Crippen molar-refractivity contribution in [1.82, 2.24) is 15.8 Å². The third kappa shape index (κ3) is 4.21. The summed E-state index contributed by atoms with van der Waals surface area (Å²) in [6.45, 7) is 5.14. The number of phenolic OH excluding ortho intramolecular Hbond substituents is 1. The highest BCUT2D eigenvalue weighted by molar-refractivity contribution is 6.13. The van der Waals surface area contributed by atoms with Crippen molar-refractivity contribution in [3.05, 3.63) is 59.7 Å². The molecule has 0 aromatic heterocycles. The van der Waals surface area contributed by atoms with Crippen molar-refractivity contribution in [3.8, 4) is 5.75 Å². The molecule has 6 unspecified atom stereocenters. The topological polar surface area (TPSA) is 119 Å². The van der Waals surface area contributed by atoms with E-state index in [9.17, 15) is 9.90 Å². The van der Waals surface area contributed by atoms with E-state index >= 15 is 0 Å². The van der Waals surface area contributed by atoms with Gasteiger partial charge < -0.3 is 10.8 Å². The zero-order chi connectivity index (χ0) is 25.7. The Morgan fingerprint density at radius 2 is 2.03 bits per heavy atom. The molecule has 2 aromatic rings. The molecule has 37 heavy (non-hydrogen) atoms. The average Bonchev–Trinajstić information content (AvgIpc) is 3.25. The Bertz CT molecular complexity index is 1260. The van der Waals surface area contributed by atoms with Crippen molar-refractivity contribution < 1.29 is 9.90 Å². The zero-order valence-electron chi connectivity index (χ0n) is 21.3. The van der Waals surface area contributed by atoms with Crippen LogP contribution in [0.2, 0.25) is 0 Å². The number of rotatable bonds is 4. The fourth-order valence-electron chi connectivity index (χ4n) is 6.53. The van der Waals surface area contributed by atoms with Crippen molar-refractivity contribution in [3.63, 3.8) is 0 Å². The number of anilines is 1. The van der Waals surface area contributed by atoms with Crippen molar-refractivity contribution >= 4 is 23.1 Å². The number of hydrogen-bond donors (Lipinski definition) is 4. The molecule has 1 saturated carbocycles. The van der Waals surface area contributed by atoms with E-state index in [-0.39, 0.29) is 47.8 Å². The minimum atomic E-state index is -0.372. The van der Waals surface area contributed by atoms with Crippen LogP contribution >= 0.6 is 0 Å². The first kappa shape index (κ1) is 24.1. The first-order valence-electron chi connectivity index (χ1n) is 13.2. The maximum Gasteiger partial charge on any atom is 0.237 e. The molecule has 4 aliphatic rings. The normalized spacial score (nSPS) is 31.9. The number of hydrogen-bond acceptors (Lipinski definition) is 8. The Labute approximate surface area is 217 Å². The summed E-state index contributed by atoms with van der Waals surface area (Å²) < 4.78 is 0. The van der Waals surface area contributed by atoms with E-state index < -0.39 is 0 Å². The Morgan fingerprint density at radius 3 is 2.84 bits per heavy atom. The second-order valence-corrected chi connectivity index (χ2v) is 10.7. The molecule has 0 spiro atoms. The molecule has 1 aliphatic carbocycles. The second-order valence-electron chi connectivity index (χ2n) is 10.7. The molecular formula is C28H35N7O2. The van der Waals surface area contributed by atoms with Gasteiger partial charge >= 0.3 is 0 Å². The van der Waals surface area contributed by atoms with Crippen LogP contribution in [0.5, 0.6) is 5.75 Å². The van der Waals surface area contributed by atoms with Crippen LogP contribution in [0.4, 0.5) is 5.69 Å². The number of benzene rings is 2. The maximum atomic E-state index is 14.1. The van der Waals surface area contributed by atoms with E-state index in [0.717, 1.165) is 41.8 Å². The van der Waals surface area contributed by atoms with Gasteiger partial charge in [0, 0.05) is 11.4 Å². The smallest absolute Gasteiger partial charge is 0.237 e. The predicted molar refractivity (Wildman–Crippen MR) is 144 cm³/mol. The number of amides is 1. The number of aryl methyl sites for hydroxylation is 1. The van der Waals surface area contributed by atoms with Crippen molar-refractivity contribution in [2.75, 3.05) is 18.1 Å². The Hall–Kier alpha value is -3.27. The van der Waals surface area contributed by atoms with Crippen LogP contribution in [0.25, 0.3) is 0 Å². The Balaban J connectivity index is 1.37. The number of aromatic hydroxyl groups is 1. The Morgan fingerprint density at radius 1 is 1.19 bits per heavy atom. The predicted octanol–water partition coefficient (Wildman–Crippen LogP) is 2.67. The first-order valence-corrected chi connectivity index (χ1v) is 13.2. The molecule has 0 bridgehead atoms. The molecule has 1 amide bonds. The number of para-hydroxylation sites is 1. The number of phenols is 1. The molecule has 5 N–H and O–H groups in total. The van der Waals surface area contributed by atoms with E-state index in [0.29, 0.717) is 19.0 Å². The minimum absolute atomic E-state index is 0.123. The highest BCUT2D eigenvalue weighted by atomic mass is 16.3. The summed E-state index contributed by atoms with van der Waals surface area (Å²) in [6, 6.07) is 15.1. The molecule has 194 valence electrons. The first-order chi connectivity index (χ1) is 17.9. The molecule has 2 aromatic carbocycles. The van der Waals surface area contributed by atoms with Gasteiger partial charge in [0.15, 0.2) is 0 Å². The lowest BCUT2D eigenvalue weighted by molar-refractivity contribution is -0.123. The zero-order valence-corrected chi connectivity index (χ0v) is 21.3. The molecule has 3 heterocycles. The highest BCUT2D eigenvalue weighted by Gasteiger charge is 2.49. The van der Waals surface area contributed by atoms with E-state index in [1.54, 1.807) is 12.1 Å². The number of amidine groups is 1. The summed E-state index contributed by atoms with van der Waals surface area (Å²) in [5.74, 6) is 0.940. The Kier molecular flexibility index (Phi) is 6.22. The molecule has 3 aliphatic heterocycles. The SMILES string of the molecule is Cc1ccccc1N1C(=O)C2C(=NC1CN1NC(c3cccc(O)c3)C3C(N)=NCNC31)CCCC2C. The largest absolute Gasteiger partial charge is 0.508 e. The molecule has 2 fully saturated rings. The lowest BCUT2D eigenvalue weighted by atomic mass is 9.77. The van der Waals surface area contributed by atoms with E-state index in [1.165, 1.54) is 0 Å². The maximum absolute atomic E-state index is 14.1. The summed E-state index contributed by atoms with van der Waals surface area (Å²) in [6.07, 6.45) is 2.50. The van der Waals surface area contributed by atoms with Gasteiger partial charge in [0.1, 0.15) is 17.8 Å². The summed E-state index contributed by atoms with van der Waals surface area (Å²) in [4.78, 5) is 25.7. The minimum Gasteiger partial charge on any atom is -0.508 e. The van der Waals surface area contributed by atoms with Crippen LogP contribution in [-0.2, 0) is 4.79 Å². The third-order valence-corrected chi connectivity index (χ3v) is 8.34. The van der Waals surface area contributed by atoms with Gasteiger partial charge in [-0.2, -0.15) is 0 Å². The van der Waals surface area contributed by atoms with Crippen LogP contribution in [0.1, 0.15) is 43.4 Å². The fourth-order valence-corrected chi connectivity index (χ4v) is 6.53. The van der Waals surface area contributed by atoms with Crippen molar-refractivity contribution in [2.24, 2.45) is 33.5 Å². The monoisotopic (exact) mass is 501 g/mol. The van der Waals surface area contributed by atoms with Crippen LogP contribution in [0.3, 0.4) is 0 Å². The van der Waals surface area contributed by atoms with Gasteiger partial charge in [-0.25, -0.2) is 10.4 Å². The van der Waals surface area contributed by atoms with Crippen LogP contribution < -0.4 is 21.4 Å². The number of fused-ring (bicyclic) bond motifs is 2. The van der Waals surface area contributed by atoms with Gasteiger partial charge in [0.05, 0.1) is 37.3 Å². The number of aliphatic imine (C=N–C) groups is 2. The average molecular weight is 502 g/mol. The molecule has 9 heteroatoms. The number of nitrogens with two attached hydrogens (primary N) is 1. The lowest BCUT2D eigenvalue weighted by Gasteiger charge is -2.43. The van der Waals surface area contributed by atoms with Gasteiger partial charge in [0.2, 0.25) is 5.91 Å². The van der Waals surface area contributed by atoms with Gasteiger partial charge in [-0.1, -0.05) is 37.3 Å². The number of nitrogens with zero attached hydrogens (tertiary/aromatic N) is 4. The molecule has 6 atom stereocenters. The number of nitrogens with one attached hydrogen (secondary N) is 2. The molecule has 9 nitrogen and oxygen atoms in total. The van der Waals surface area contributed by atoms with Gasteiger partial charge in [-0.15, -0.1) is 0 Å². The molecular weight excluding hydrogens is 466 g/mol. The van der Waals surface area contributed by atoms with E-state index in [1.807, 2.05) is 48.2 Å².